The molecule has 78 valence electrons. The topological polar surface area (TPSA) is 39.7 Å². The first-order chi connectivity index (χ1) is 6.93. The van der Waals surface area contributed by atoms with Gasteiger partial charge in [0.05, 0.1) is 6.54 Å². The molecule has 0 aromatic rings. The Kier molecular flexibility index (Phi) is 2.09. The highest BCUT2D eigenvalue weighted by molar-refractivity contribution is 5.81. The summed E-state index contributed by atoms with van der Waals surface area (Å²) >= 11 is 0. The summed E-state index contributed by atoms with van der Waals surface area (Å²) < 4.78 is 0. The van der Waals surface area contributed by atoms with E-state index in [2.05, 4.69) is 20.5 Å². The molecule has 4 heteroatoms. The van der Waals surface area contributed by atoms with E-state index in [0.29, 0.717) is 6.04 Å². The van der Waals surface area contributed by atoms with Gasteiger partial charge in [0.2, 0.25) is 0 Å². The predicted octanol–water partition coefficient (Wildman–Crippen LogP) is -0.228. The molecule has 3 heterocycles. The molecule has 2 unspecified atom stereocenters. The van der Waals surface area contributed by atoms with Crippen LogP contribution in [0, 0.1) is 0 Å². The monoisotopic (exact) mass is 194 g/mol. The maximum atomic E-state index is 4.39. The molecule has 0 amide bonds. The van der Waals surface area contributed by atoms with Crippen LogP contribution in [0.1, 0.15) is 19.3 Å². The van der Waals surface area contributed by atoms with Gasteiger partial charge in [0, 0.05) is 25.2 Å². The summed E-state index contributed by atoms with van der Waals surface area (Å²) in [6.45, 7) is 4.52. The van der Waals surface area contributed by atoms with Crippen LogP contribution in [0.3, 0.4) is 0 Å². The van der Waals surface area contributed by atoms with Crippen LogP contribution in [0.2, 0.25) is 0 Å². The summed E-state index contributed by atoms with van der Waals surface area (Å²) in [6, 6.07) is 1.42. The molecular formula is C10H18N4. The second kappa shape index (κ2) is 3.42. The lowest BCUT2D eigenvalue weighted by Crippen LogP contribution is -2.46. The van der Waals surface area contributed by atoms with Crippen molar-refractivity contribution in [2.45, 2.75) is 31.3 Å². The zero-order chi connectivity index (χ0) is 9.38. The zero-order valence-electron chi connectivity index (χ0n) is 8.50. The molecule has 14 heavy (non-hydrogen) atoms. The van der Waals surface area contributed by atoms with Crippen LogP contribution >= 0.6 is 0 Å². The average Bonchev–Trinajstić information content (AvgIpc) is 2.85. The fourth-order valence-corrected chi connectivity index (χ4v) is 2.92. The van der Waals surface area contributed by atoms with Gasteiger partial charge in [-0.15, -0.1) is 0 Å². The predicted molar refractivity (Wildman–Crippen MR) is 56.4 cm³/mol. The van der Waals surface area contributed by atoms with E-state index in [9.17, 15) is 0 Å². The highest BCUT2D eigenvalue weighted by Crippen LogP contribution is 2.27. The largest absolute Gasteiger partial charge is 0.355 e. The molecular weight excluding hydrogens is 176 g/mol. The smallest absolute Gasteiger partial charge is 0.191 e. The van der Waals surface area contributed by atoms with E-state index in [0.717, 1.165) is 25.1 Å². The maximum Gasteiger partial charge on any atom is 0.191 e. The van der Waals surface area contributed by atoms with Crippen LogP contribution in [-0.4, -0.2) is 49.1 Å². The van der Waals surface area contributed by atoms with Gasteiger partial charge in [0.25, 0.3) is 0 Å². The van der Waals surface area contributed by atoms with Gasteiger partial charge in [0.1, 0.15) is 0 Å². The Bertz CT molecular complexity index is 251. The standard InChI is InChI=1S/C10H18N4/c1-2-9-8(3-7-14(9)6-1)13-10-11-4-5-12-10/h8-9H,1-7H2,(H2,11,12,13). The summed E-state index contributed by atoms with van der Waals surface area (Å²) in [5, 5.41) is 6.83. The summed E-state index contributed by atoms with van der Waals surface area (Å²) in [5.41, 5.74) is 0. The van der Waals surface area contributed by atoms with Crippen LogP contribution in [-0.2, 0) is 0 Å². The minimum atomic E-state index is 0.641. The van der Waals surface area contributed by atoms with Crippen LogP contribution in [0.5, 0.6) is 0 Å². The van der Waals surface area contributed by atoms with Gasteiger partial charge in [-0.1, -0.05) is 0 Å². The molecule has 0 bridgehead atoms. The lowest BCUT2D eigenvalue weighted by atomic mass is 10.1. The van der Waals surface area contributed by atoms with E-state index in [4.69, 9.17) is 0 Å². The SMILES string of the molecule is C1CC2C(NC3=NCCN3)CCN2C1. The molecule has 3 aliphatic rings. The lowest BCUT2D eigenvalue weighted by Gasteiger charge is -2.21. The minimum Gasteiger partial charge on any atom is -0.355 e. The molecule has 2 atom stereocenters. The van der Waals surface area contributed by atoms with Crippen LogP contribution < -0.4 is 10.6 Å². The fourth-order valence-electron chi connectivity index (χ4n) is 2.92. The van der Waals surface area contributed by atoms with Crippen molar-refractivity contribution in [3.8, 4) is 0 Å². The molecule has 3 aliphatic heterocycles. The van der Waals surface area contributed by atoms with E-state index in [1.54, 1.807) is 0 Å². The first kappa shape index (κ1) is 8.53. The number of nitrogens with one attached hydrogen (secondary N) is 2. The second-order valence-electron chi connectivity index (χ2n) is 4.44. The molecule has 0 radical (unpaired) electrons. The Balaban J connectivity index is 1.62. The van der Waals surface area contributed by atoms with Gasteiger partial charge in [-0.25, -0.2) is 0 Å². The molecule has 0 aliphatic carbocycles. The minimum absolute atomic E-state index is 0.641. The lowest BCUT2D eigenvalue weighted by molar-refractivity contribution is 0.308. The molecule has 0 saturated carbocycles. The summed E-state index contributed by atoms with van der Waals surface area (Å²) in [5.74, 6) is 1.03. The van der Waals surface area contributed by atoms with E-state index in [-0.39, 0.29) is 0 Å². The Hall–Kier alpha value is -0.770. The first-order valence-electron chi connectivity index (χ1n) is 5.72. The van der Waals surface area contributed by atoms with E-state index < -0.39 is 0 Å². The number of hydrogen-bond donors (Lipinski definition) is 2. The summed E-state index contributed by atoms with van der Waals surface area (Å²) in [4.78, 5) is 7.01. The molecule has 2 fully saturated rings. The van der Waals surface area contributed by atoms with Gasteiger partial charge in [-0.05, 0) is 25.8 Å². The number of rotatable bonds is 1. The molecule has 0 spiro atoms. The van der Waals surface area contributed by atoms with Gasteiger partial charge >= 0.3 is 0 Å². The molecule has 3 rings (SSSR count). The summed E-state index contributed by atoms with van der Waals surface area (Å²) in [6.07, 6.45) is 4.03. The van der Waals surface area contributed by atoms with Gasteiger partial charge in [-0.3, -0.25) is 9.89 Å². The van der Waals surface area contributed by atoms with Crippen molar-refractivity contribution in [3.63, 3.8) is 0 Å². The number of nitrogens with zero attached hydrogens (tertiary/aromatic N) is 2. The third-order valence-corrected chi connectivity index (χ3v) is 3.60. The van der Waals surface area contributed by atoms with Crippen molar-refractivity contribution in [1.29, 1.82) is 0 Å². The van der Waals surface area contributed by atoms with Crippen molar-refractivity contribution in [3.05, 3.63) is 0 Å². The summed E-state index contributed by atoms with van der Waals surface area (Å²) in [7, 11) is 0. The number of guanidine groups is 1. The Morgan fingerprint density at radius 1 is 1.36 bits per heavy atom. The Morgan fingerprint density at radius 3 is 3.21 bits per heavy atom. The Morgan fingerprint density at radius 2 is 2.36 bits per heavy atom. The highest BCUT2D eigenvalue weighted by Gasteiger charge is 2.37. The molecule has 4 nitrogen and oxygen atoms in total. The van der Waals surface area contributed by atoms with Crippen molar-refractivity contribution in [2.24, 2.45) is 4.99 Å². The van der Waals surface area contributed by atoms with Crippen LogP contribution in [0.4, 0.5) is 0 Å². The molecule has 0 aromatic heterocycles. The first-order valence-corrected chi connectivity index (χ1v) is 5.72. The number of fused-ring (bicyclic) bond motifs is 1. The number of aliphatic imine (C=N–C) groups is 1. The van der Waals surface area contributed by atoms with Crippen molar-refractivity contribution >= 4 is 5.96 Å². The van der Waals surface area contributed by atoms with Crippen molar-refractivity contribution in [2.75, 3.05) is 26.2 Å². The van der Waals surface area contributed by atoms with E-state index in [1.807, 2.05) is 0 Å². The normalized spacial score (nSPS) is 36.7. The fraction of sp³-hybridized carbons (Fsp3) is 0.900. The van der Waals surface area contributed by atoms with Crippen molar-refractivity contribution in [1.82, 2.24) is 15.5 Å². The van der Waals surface area contributed by atoms with Crippen LogP contribution in [0.25, 0.3) is 0 Å². The van der Waals surface area contributed by atoms with Gasteiger partial charge in [-0.2, -0.15) is 0 Å². The van der Waals surface area contributed by atoms with Gasteiger partial charge in [0.15, 0.2) is 5.96 Å². The quantitative estimate of drug-likeness (QED) is 0.606. The number of hydrogen-bond acceptors (Lipinski definition) is 4. The van der Waals surface area contributed by atoms with E-state index >= 15 is 0 Å². The maximum absolute atomic E-state index is 4.39. The molecule has 2 saturated heterocycles. The third-order valence-electron chi connectivity index (χ3n) is 3.60. The zero-order valence-corrected chi connectivity index (χ0v) is 8.50. The van der Waals surface area contributed by atoms with Crippen LogP contribution in [0.15, 0.2) is 4.99 Å². The highest BCUT2D eigenvalue weighted by atomic mass is 15.3. The van der Waals surface area contributed by atoms with Crippen molar-refractivity contribution < 1.29 is 0 Å². The third kappa shape index (κ3) is 1.38. The Labute approximate surface area is 84.8 Å². The van der Waals surface area contributed by atoms with Gasteiger partial charge < -0.3 is 10.6 Å². The molecule has 0 aromatic carbocycles. The average molecular weight is 194 g/mol. The molecule has 2 N–H and O–H groups in total. The second-order valence-corrected chi connectivity index (χ2v) is 4.44. The van der Waals surface area contributed by atoms with E-state index in [1.165, 1.54) is 32.4 Å².